The van der Waals surface area contributed by atoms with Gasteiger partial charge < -0.3 is 9.15 Å². The van der Waals surface area contributed by atoms with Crippen LogP contribution in [0.5, 0.6) is 0 Å². The number of nitrogens with zero attached hydrogens (tertiary/aromatic N) is 1. The fourth-order valence-corrected chi connectivity index (χ4v) is 0.849. The molecular formula is C7H9NO2. The Kier molecular flexibility index (Phi) is 1.24. The van der Waals surface area contributed by atoms with Crippen LogP contribution in [0.4, 0.5) is 0 Å². The van der Waals surface area contributed by atoms with Gasteiger partial charge in [-0.3, -0.25) is 0 Å². The predicted molar refractivity (Wildman–Crippen MR) is 34.6 cm³/mol. The topological polar surface area (TPSA) is 38.6 Å². The van der Waals surface area contributed by atoms with Gasteiger partial charge >= 0.3 is 0 Å². The summed E-state index contributed by atoms with van der Waals surface area (Å²) in [5.41, 5.74) is 0. The lowest BCUT2D eigenvalue weighted by Crippen LogP contribution is -1.74. The van der Waals surface area contributed by atoms with Crippen molar-refractivity contribution >= 4 is 0 Å². The van der Waals surface area contributed by atoms with E-state index in [1.807, 2.05) is 6.92 Å². The van der Waals surface area contributed by atoms with Crippen LogP contribution in [0.15, 0.2) is 10.6 Å². The van der Waals surface area contributed by atoms with Gasteiger partial charge in [-0.15, -0.1) is 0 Å². The predicted octanol–water partition coefficient (Wildman–Crippen LogP) is 1.31. The number of aromatic nitrogens is 1. The summed E-state index contributed by atoms with van der Waals surface area (Å²) < 4.78 is 10.3. The highest BCUT2D eigenvalue weighted by atomic mass is 16.6. The lowest BCUT2D eigenvalue weighted by Gasteiger charge is -1.84. The molecular weight excluding hydrogens is 130 g/mol. The molecule has 1 saturated heterocycles. The van der Waals surface area contributed by atoms with Crippen molar-refractivity contribution < 1.29 is 9.15 Å². The summed E-state index contributed by atoms with van der Waals surface area (Å²) in [6.45, 7) is 2.81. The third-order valence-corrected chi connectivity index (χ3v) is 1.52. The van der Waals surface area contributed by atoms with Crippen molar-refractivity contribution in [3.63, 3.8) is 0 Å². The molecule has 0 unspecified atom stereocenters. The maximum Gasteiger partial charge on any atom is 0.194 e. The molecule has 0 bridgehead atoms. The quantitative estimate of drug-likeness (QED) is 0.580. The number of oxazole rings is 1. The fraction of sp³-hybridized carbons (Fsp3) is 0.571. The number of aryl methyl sites for hydroxylation is 1. The van der Waals surface area contributed by atoms with E-state index in [4.69, 9.17) is 9.15 Å². The first-order chi connectivity index (χ1) is 4.90. The third-order valence-electron chi connectivity index (χ3n) is 1.52. The smallest absolute Gasteiger partial charge is 0.194 e. The van der Waals surface area contributed by atoms with Gasteiger partial charge in [-0.05, 0) is 0 Å². The molecule has 1 fully saturated rings. The minimum Gasteiger partial charge on any atom is -0.443 e. The Hall–Kier alpha value is -0.830. The maximum absolute atomic E-state index is 5.32. The summed E-state index contributed by atoms with van der Waals surface area (Å²) in [6, 6.07) is 0. The minimum absolute atomic E-state index is 0.202. The first kappa shape index (κ1) is 5.92. The van der Waals surface area contributed by atoms with E-state index in [-0.39, 0.29) is 6.10 Å². The SMILES string of the molecule is CCc1ncc([C@@H]2CO2)o1. The monoisotopic (exact) mass is 139 g/mol. The Bertz CT molecular complexity index is 227. The zero-order valence-electron chi connectivity index (χ0n) is 5.83. The molecule has 1 aromatic rings. The minimum atomic E-state index is 0.202. The van der Waals surface area contributed by atoms with E-state index in [0.29, 0.717) is 0 Å². The summed E-state index contributed by atoms with van der Waals surface area (Å²) in [5.74, 6) is 1.67. The fourth-order valence-electron chi connectivity index (χ4n) is 0.849. The van der Waals surface area contributed by atoms with Crippen LogP contribution >= 0.6 is 0 Å². The molecule has 0 spiro atoms. The molecule has 1 aromatic heterocycles. The zero-order chi connectivity index (χ0) is 6.97. The van der Waals surface area contributed by atoms with Crippen LogP contribution in [0.2, 0.25) is 0 Å². The molecule has 3 heteroatoms. The largest absolute Gasteiger partial charge is 0.443 e. The van der Waals surface area contributed by atoms with E-state index in [0.717, 1.165) is 24.7 Å². The second-order valence-corrected chi connectivity index (χ2v) is 2.33. The van der Waals surface area contributed by atoms with Crippen LogP contribution in [0.25, 0.3) is 0 Å². The van der Waals surface area contributed by atoms with Crippen LogP contribution < -0.4 is 0 Å². The van der Waals surface area contributed by atoms with E-state index >= 15 is 0 Å². The number of hydrogen-bond acceptors (Lipinski definition) is 3. The highest BCUT2D eigenvalue weighted by molar-refractivity contribution is 5.02. The van der Waals surface area contributed by atoms with Gasteiger partial charge in [0.2, 0.25) is 0 Å². The molecule has 0 saturated carbocycles. The summed E-state index contributed by atoms with van der Waals surface area (Å²) in [6.07, 6.45) is 2.80. The summed E-state index contributed by atoms with van der Waals surface area (Å²) >= 11 is 0. The van der Waals surface area contributed by atoms with Crippen molar-refractivity contribution in [2.24, 2.45) is 0 Å². The molecule has 10 heavy (non-hydrogen) atoms. The molecule has 1 aliphatic heterocycles. The van der Waals surface area contributed by atoms with Gasteiger partial charge in [0.25, 0.3) is 0 Å². The Morgan fingerprint density at radius 1 is 1.80 bits per heavy atom. The highest BCUT2D eigenvalue weighted by Crippen LogP contribution is 2.29. The molecule has 3 nitrogen and oxygen atoms in total. The molecule has 0 aliphatic carbocycles. The number of hydrogen-bond donors (Lipinski definition) is 0. The summed E-state index contributed by atoms with van der Waals surface area (Å²) in [7, 11) is 0. The molecule has 0 amide bonds. The summed E-state index contributed by atoms with van der Waals surface area (Å²) in [5, 5.41) is 0. The molecule has 2 rings (SSSR count). The van der Waals surface area contributed by atoms with E-state index < -0.39 is 0 Å². The second kappa shape index (κ2) is 2.09. The molecule has 0 N–H and O–H groups in total. The number of ether oxygens (including phenoxy) is 1. The van der Waals surface area contributed by atoms with Gasteiger partial charge in [0.1, 0.15) is 6.10 Å². The first-order valence-electron chi connectivity index (χ1n) is 3.46. The van der Waals surface area contributed by atoms with E-state index in [2.05, 4.69) is 4.98 Å². The molecule has 0 radical (unpaired) electrons. The van der Waals surface area contributed by atoms with E-state index in [1.165, 1.54) is 0 Å². The third kappa shape index (κ3) is 0.926. The van der Waals surface area contributed by atoms with Crippen molar-refractivity contribution in [1.82, 2.24) is 4.98 Å². The van der Waals surface area contributed by atoms with Gasteiger partial charge in [-0.2, -0.15) is 0 Å². The van der Waals surface area contributed by atoms with E-state index in [9.17, 15) is 0 Å². The lowest BCUT2D eigenvalue weighted by molar-refractivity contribution is 0.360. The standard InChI is InChI=1S/C7H9NO2/c1-2-7-8-3-5(10-7)6-4-9-6/h3,6H,2,4H2,1H3/t6-/m0/s1. The van der Waals surface area contributed by atoms with Gasteiger partial charge in [-0.1, -0.05) is 6.92 Å². The van der Waals surface area contributed by atoms with Crippen molar-refractivity contribution in [1.29, 1.82) is 0 Å². The number of rotatable bonds is 2. The van der Waals surface area contributed by atoms with Gasteiger partial charge in [0, 0.05) is 6.42 Å². The lowest BCUT2D eigenvalue weighted by atomic mass is 10.4. The Balaban J connectivity index is 2.19. The molecule has 2 heterocycles. The molecule has 0 aromatic carbocycles. The first-order valence-corrected chi connectivity index (χ1v) is 3.46. The van der Waals surface area contributed by atoms with Gasteiger partial charge in [0.05, 0.1) is 12.8 Å². The maximum atomic E-state index is 5.32. The van der Waals surface area contributed by atoms with Crippen LogP contribution in [0.3, 0.4) is 0 Å². The highest BCUT2D eigenvalue weighted by Gasteiger charge is 2.28. The van der Waals surface area contributed by atoms with Crippen molar-refractivity contribution in [3.05, 3.63) is 17.8 Å². The normalized spacial score (nSPS) is 23.1. The molecule has 1 aliphatic rings. The molecule has 1 atom stereocenters. The molecule has 54 valence electrons. The average Bonchev–Trinajstić information content (AvgIpc) is 2.70. The van der Waals surface area contributed by atoms with Crippen LogP contribution in [-0.2, 0) is 11.2 Å². The van der Waals surface area contributed by atoms with Crippen LogP contribution in [-0.4, -0.2) is 11.6 Å². The Morgan fingerprint density at radius 3 is 3.10 bits per heavy atom. The van der Waals surface area contributed by atoms with Crippen molar-refractivity contribution in [3.8, 4) is 0 Å². The average molecular weight is 139 g/mol. The number of epoxide rings is 1. The van der Waals surface area contributed by atoms with Crippen LogP contribution in [0, 0.1) is 0 Å². The Morgan fingerprint density at radius 2 is 2.60 bits per heavy atom. The second-order valence-electron chi connectivity index (χ2n) is 2.33. The Labute approximate surface area is 59.0 Å². The van der Waals surface area contributed by atoms with E-state index in [1.54, 1.807) is 6.20 Å². The van der Waals surface area contributed by atoms with Crippen LogP contribution in [0.1, 0.15) is 24.7 Å². The van der Waals surface area contributed by atoms with Gasteiger partial charge in [0.15, 0.2) is 11.7 Å². The van der Waals surface area contributed by atoms with Crippen molar-refractivity contribution in [2.45, 2.75) is 19.4 Å². The van der Waals surface area contributed by atoms with Gasteiger partial charge in [-0.25, -0.2) is 4.98 Å². The summed E-state index contributed by atoms with van der Waals surface area (Å²) in [4.78, 5) is 4.05. The zero-order valence-corrected chi connectivity index (χ0v) is 5.83. The van der Waals surface area contributed by atoms with Crippen molar-refractivity contribution in [2.75, 3.05) is 6.61 Å².